The van der Waals surface area contributed by atoms with Crippen LogP contribution in [-0.2, 0) is 37.5 Å². The average Bonchev–Trinajstić information content (AvgIpc) is 3.24. The highest BCUT2D eigenvalue weighted by atomic mass is 31.2. The van der Waals surface area contributed by atoms with Crippen molar-refractivity contribution in [3.8, 4) is 0 Å². The van der Waals surface area contributed by atoms with E-state index in [1.54, 1.807) is 0 Å². The smallest absolute Gasteiger partial charge is 0.472 e. The van der Waals surface area contributed by atoms with Gasteiger partial charge in [-0.15, -0.1) is 0 Å². The minimum atomic E-state index is -4.74. The Labute approximate surface area is 369 Å². The van der Waals surface area contributed by atoms with Crippen LogP contribution in [-0.4, -0.2) is 71.6 Å². The molecule has 13 heteroatoms. The molecule has 0 aliphatic heterocycles. The number of carbonyl (C=O) groups is 3. The van der Waals surface area contributed by atoms with Crippen molar-refractivity contribution in [2.75, 3.05) is 26.4 Å². The summed E-state index contributed by atoms with van der Waals surface area (Å²) >= 11 is 0. The largest absolute Gasteiger partial charge is 0.480 e. The molecule has 12 nitrogen and oxygen atoms in total. The van der Waals surface area contributed by atoms with Crippen LogP contribution in [0, 0.1) is 0 Å². The molecule has 5 N–H and O–H groups in total. The molecule has 0 amide bonds. The van der Waals surface area contributed by atoms with Gasteiger partial charge in [0.25, 0.3) is 0 Å². The Balaban J connectivity index is 4.36. The van der Waals surface area contributed by atoms with Crippen molar-refractivity contribution < 1.29 is 52.6 Å². The quantitative estimate of drug-likeness (QED) is 0.0196. The zero-order valence-corrected chi connectivity index (χ0v) is 38.8. The monoisotopic (exact) mass is 884 g/mol. The van der Waals surface area contributed by atoms with E-state index >= 15 is 0 Å². The van der Waals surface area contributed by atoms with Crippen LogP contribution in [0.5, 0.6) is 0 Å². The molecule has 354 valence electrons. The van der Waals surface area contributed by atoms with Gasteiger partial charge < -0.3 is 30.3 Å². The number of phosphoric acid groups is 1. The van der Waals surface area contributed by atoms with Gasteiger partial charge in [0.2, 0.25) is 0 Å². The van der Waals surface area contributed by atoms with Gasteiger partial charge in [0.15, 0.2) is 6.10 Å². The van der Waals surface area contributed by atoms with Gasteiger partial charge in [-0.3, -0.25) is 23.4 Å². The Hall–Kier alpha value is -2.60. The zero-order valence-electron chi connectivity index (χ0n) is 37.9. The van der Waals surface area contributed by atoms with Crippen molar-refractivity contribution in [1.29, 1.82) is 0 Å². The fraction of sp³-hybridized carbons (Fsp3) is 0.771. The molecule has 0 rings (SSSR count). The number of carboxylic acid groups (broad SMARTS) is 1. The van der Waals surface area contributed by atoms with Gasteiger partial charge in [-0.2, -0.15) is 0 Å². The van der Waals surface area contributed by atoms with Gasteiger partial charge in [-0.05, 0) is 57.8 Å². The average molecular weight is 884 g/mol. The lowest BCUT2D eigenvalue weighted by atomic mass is 10.0. The Morgan fingerprint density at radius 1 is 0.541 bits per heavy atom. The summed E-state index contributed by atoms with van der Waals surface area (Å²) in [7, 11) is -4.74. The molecule has 0 heterocycles. The molecule has 0 radical (unpaired) electrons. The highest BCUT2D eigenvalue weighted by Crippen LogP contribution is 2.43. The van der Waals surface area contributed by atoms with Crippen molar-refractivity contribution in [3.63, 3.8) is 0 Å². The number of nitrogens with two attached hydrogens (primary N) is 1. The van der Waals surface area contributed by atoms with E-state index in [0.717, 1.165) is 64.2 Å². The molecule has 0 saturated heterocycles. The van der Waals surface area contributed by atoms with Gasteiger partial charge >= 0.3 is 25.7 Å². The SMILES string of the molecule is CCCCCCCCCCCCCCCCCCCCCC(=O)OC[C@H](COP(=O)(O)OC[C@H](N)C(=O)O)OC(=O)CCC/C=C\C/C=C\C/C=C\C/C=C\CCCCCO. The number of esters is 2. The normalized spacial score (nSPS) is 14.0. The maximum Gasteiger partial charge on any atom is 0.472 e. The van der Waals surface area contributed by atoms with Crippen molar-refractivity contribution in [3.05, 3.63) is 48.6 Å². The molecule has 0 aliphatic rings. The van der Waals surface area contributed by atoms with E-state index in [1.165, 1.54) is 96.3 Å². The molecule has 0 aromatic rings. The lowest BCUT2D eigenvalue weighted by Gasteiger charge is -2.20. The van der Waals surface area contributed by atoms with Crippen molar-refractivity contribution >= 4 is 25.7 Å². The summed E-state index contributed by atoms with van der Waals surface area (Å²) in [6.07, 6.45) is 47.7. The van der Waals surface area contributed by atoms with E-state index in [-0.39, 0.29) is 26.1 Å². The first-order valence-electron chi connectivity index (χ1n) is 23.8. The first-order valence-corrected chi connectivity index (χ1v) is 25.3. The van der Waals surface area contributed by atoms with Crippen molar-refractivity contribution in [2.24, 2.45) is 5.73 Å². The van der Waals surface area contributed by atoms with Crippen LogP contribution >= 0.6 is 7.82 Å². The number of aliphatic carboxylic acids is 1. The van der Waals surface area contributed by atoms with E-state index in [4.69, 9.17) is 29.9 Å². The Morgan fingerprint density at radius 2 is 0.951 bits per heavy atom. The second-order valence-corrected chi connectivity index (χ2v) is 17.4. The van der Waals surface area contributed by atoms with Crippen LogP contribution in [0.3, 0.4) is 0 Å². The number of rotatable bonds is 45. The van der Waals surface area contributed by atoms with Crippen LogP contribution in [0.1, 0.15) is 200 Å². The summed E-state index contributed by atoms with van der Waals surface area (Å²) in [5.74, 6) is -2.46. The number of allylic oxidation sites excluding steroid dienone is 8. The number of phosphoric ester groups is 1. The number of carboxylic acids is 1. The molecule has 0 aromatic carbocycles. The van der Waals surface area contributed by atoms with Gasteiger partial charge in [0, 0.05) is 19.4 Å². The summed E-state index contributed by atoms with van der Waals surface area (Å²) in [6, 6.07) is -1.54. The van der Waals surface area contributed by atoms with Crippen LogP contribution in [0.15, 0.2) is 48.6 Å². The lowest BCUT2D eigenvalue weighted by Crippen LogP contribution is -2.34. The van der Waals surface area contributed by atoms with Crippen molar-refractivity contribution in [2.45, 2.75) is 212 Å². The molecule has 3 atom stereocenters. The molecule has 0 fully saturated rings. The zero-order chi connectivity index (χ0) is 44.9. The van der Waals surface area contributed by atoms with Gasteiger partial charge in [0.1, 0.15) is 12.6 Å². The maximum absolute atomic E-state index is 12.6. The molecular formula is C48H86NO11P. The topological polar surface area (TPSA) is 192 Å². The molecular weight excluding hydrogens is 797 g/mol. The Morgan fingerprint density at radius 3 is 1.43 bits per heavy atom. The summed E-state index contributed by atoms with van der Waals surface area (Å²) in [5, 5.41) is 17.7. The molecule has 1 unspecified atom stereocenters. The summed E-state index contributed by atoms with van der Waals surface area (Å²) in [4.78, 5) is 46.0. The molecule has 0 bridgehead atoms. The molecule has 0 aromatic heterocycles. The van der Waals surface area contributed by atoms with E-state index in [0.29, 0.717) is 19.3 Å². The van der Waals surface area contributed by atoms with Gasteiger partial charge in [0.05, 0.1) is 13.2 Å². The number of unbranched alkanes of at least 4 members (excludes halogenated alkanes) is 22. The second-order valence-electron chi connectivity index (χ2n) is 16.0. The van der Waals surface area contributed by atoms with Gasteiger partial charge in [-0.25, -0.2) is 4.57 Å². The number of hydrogen-bond acceptors (Lipinski definition) is 10. The van der Waals surface area contributed by atoms with Crippen LogP contribution < -0.4 is 5.73 Å². The first kappa shape index (κ1) is 58.4. The van der Waals surface area contributed by atoms with E-state index in [9.17, 15) is 23.8 Å². The third kappa shape index (κ3) is 43.8. The van der Waals surface area contributed by atoms with Crippen LogP contribution in [0.2, 0.25) is 0 Å². The fourth-order valence-corrected chi connectivity index (χ4v) is 7.17. The third-order valence-electron chi connectivity index (χ3n) is 10.1. The lowest BCUT2D eigenvalue weighted by molar-refractivity contribution is -0.161. The number of ether oxygens (including phenoxy) is 2. The standard InChI is InChI=1S/C48H86NO11P/c1-2-3-4-5-6-7-8-9-10-11-12-14-17-20-23-26-29-32-35-38-46(51)57-41-44(42-58-61(55,56)59-43-45(49)48(53)54)60-47(52)39-36-33-30-27-24-21-18-15-13-16-19-22-25-28-31-34-37-40-50/h13,16,18,21-22,25,27,30,44-45,50H,2-12,14-15,17,19-20,23-24,26,28-29,31-43,49H2,1H3,(H,53,54)(H,55,56)/b16-13-,21-18-,25-22-,30-27-/t44-,45+/m1/s1. The van der Waals surface area contributed by atoms with Crippen molar-refractivity contribution in [1.82, 2.24) is 0 Å². The minimum Gasteiger partial charge on any atom is -0.480 e. The summed E-state index contributed by atoms with van der Waals surface area (Å²) in [5.41, 5.74) is 5.34. The molecule has 0 spiro atoms. The minimum absolute atomic E-state index is 0.0760. The van der Waals surface area contributed by atoms with Crippen LogP contribution in [0.25, 0.3) is 0 Å². The second kappa shape index (κ2) is 44.0. The predicted molar refractivity (Wildman–Crippen MR) is 246 cm³/mol. The Bertz CT molecular complexity index is 1220. The highest BCUT2D eigenvalue weighted by Gasteiger charge is 2.28. The third-order valence-corrected chi connectivity index (χ3v) is 11.1. The first-order chi connectivity index (χ1) is 29.6. The summed E-state index contributed by atoms with van der Waals surface area (Å²) < 4.78 is 32.7. The van der Waals surface area contributed by atoms with Gasteiger partial charge in [-0.1, -0.05) is 178 Å². The number of carbonyl (C=O) groups excluding carboxylic acids is 2. The van der Waals surface area contributed by atoms with E-state index < -0.39 is 51.1 Å². The highest BCUT2D eigenvalue weighted by molar-refractivity contribution is 7.47. The van der Waals surface area contributed by atoms with E-state index in [1.807, 2.05) is 12.2 Å². The number of aliphatic hydroxyl groups excluding tert-OH is 1. The van der Waals surface area contributed by atoms with Crippen LogP contribution in [0.4, 0.5) is 0 Å². The summed E-state index contributed by atoms with van der Waals surface area (Å²) in [6.45, 7) is 0.774. The predicted octanol–water partition coefficient (Wildman–Crippen LogP) is 11.9. The Kier molecular flexibility index (Phi) is 42.1. The van der Waals surface area contributed by atoms with E-state index in [2.05, 4.69) is 47.9 Å². The number of aliphatic hydroxyl groups is 1. The number of hydrogen-bond donors (Lipinski definition) is 4. The maximum atomic E-state index is 12.6. The molecule has 61 heavy (non-hydrogen) atoms. The molecule has 0 saturated carbocycles. The fourth-order valence-electron chi connectivity index (χ4n) is 6.39. The molecule has 0 aliphatic carbocycles.